The minimum Gasteiger partial charge on any atom is -0.366 e. The molecule has 5 nitrogen and oxygen atoms in total. The third kappa shape index (κ3) is 4.86. The van der Waals surface area contributed by atoms with E-state index in [9.17, 15) is 14.0 Å². The molecule has 2 rings (SSSR count). The van der Waals surface area contributed by atoms with E-state index in [1.165, 1.54) is 18.2 Å². The molecule has 0 saturated heterocycles. The van der Waals surface area contributed by atoms with Crippen molar-refractivity contribution in [3.63, 3.8) is 0 Å². The molecular formula is C17H14FN3O2. The summed E-state index contributed by atoms with van der Waals surface area (Å²) in [5.41, 5.74) is 6.32. The van der Waals surface area contributed by atoms with Gasteiger partial charge in [0.15, 0.2) is 0 Å². The Kier molecular flexibility index (Phi) is 5.31. The highest BCUT2D eigenvalue weighted by Crippen LogP contribution is 2.11. The maximum atomic E-state index is 13.3. The van der Waals surface area contributed by atoms with Gasteiger partial charge in [-0.15, -0.1) is 0 Å². The number of hydrogen-bond acceptors (Lipinski definition) is 2. The van der Waals surface area contributed by atoms with Crippen molar-refractivity contribution < 1.29 is 14.0 Å². The lowest BCUT2D eigenvalue weighted by atomic mass is 10.1. The van der Waals surface area contributed by atoms with Crippen LogP contribution in [0.5, 0.6) is 0 Å². The van der Waals surface area contributed by atoms with E-state index in [0.29, 0.717) is 11.1 Å². The quantitative estimate of drug-likeness (QED) is 0.758. The largest absolute Gasteiger partial charge is 0.366 e. The van der Waals surface area contributed by atoms with Crippen molar-refractivity contribution in [2.45, 2.75) is 0 Å². The second-order valence-corrected chi connectivity index (χ2v) is 4.53. The van der Waals surface area contributed by atoms with Gasteiger partial charge in [-0.3, -0.25) is 4.79 Å². The molecule has 116 valence electrons. The van der Waals surface area contributed by atoms with Crippen LogP contribution in [0.3, 0.4) is 0 Å². The fourth-order valence-electron chi connectivity index (χ4n) is 1.72. The van der Waals surface area contributed by atoms with E-state index in [2.05, 4.69) is 22.5 Å². The molecule has 2 aromatic rings. The maximum absolute atomic E-state index is 13.3. The van der Waals surface area contributed by atoms with Gasteiger partial charge in [-0.2, -0.15) is 0 Å². The van der Waals surface area contributed by atoms with E-state index in [0.717, 1.165) is 0 Å². The number of rotatable bonds is 3. The third-order valence-corrected chi connectivity index (χ3v) is 2.86. The standard InChI is InChI=1S/C17H14FN3O2/c18-14-5-1-2-6-15(14)21-17(23)20-11-3-4-12-7-9-13(10-8-12)16(19)22/h1-2,5-10H,11H2,(H2,19,22)(H2,20,21,23). The average molecular weight is 311 g/mol. The second kappa shape index (κ2) is 7.61. The summed E-state index contributed by atoms with van der Waals surface area (Å²) in [5, 5.41) is 4.88. The fraction of sp³-hybridized carbons (Fsp3) is 0.0588. The molecule has 0 spiro atoms. The highest BCUT2D eigenvalue weighted by atomic mass is 19.1. The third-order valence-electron chi connectivity index (χ3n) is 2.86. The molecule has 4 N–H and O–H groups in total. The van der Waals surface area contributed by atoms with Crippen LogP contribution in [0.25, 0.3) is 0 Å². The van der Waals surface area contributed by atoms with Gasteiger partial charge in [0.25, 0.3) is 0 Å². The molecule has 0 aliphatic carbocycles. The highest BCUT2D eigenvalue weighted by molar-refractivity contribution is 5.92. The van der Waals surface area contributed by atoms with Gasteiger partial charge in [0, 0.05) is 11.1 Å². The van der Waals surface area contributed by atoms with E-state index in [-0.39, 0.29) is 12.2 Å². The number of carbonyl (C=O) groups excluding carboxylic acids is 2. The maximum Gasteiger partial charge on any atom is 0.320 e. The van der Waals surface area contributed by atoms with E-state index >= 15 is 0 Å². The zero-order chi connectivity index (χ0) is 16.7. The van der Waals surface area contributed by atoms with Gasteiger partial charge in [-0.1, -0.05) is 24.0 Å². The zero-order valence-electron chi connectivity index (χ0n) is 12.1. The summed E-state index contributed by atoms with van der Waals surface area (Å²) < 4.78 is 13.3. The lowest BCUT2D eigenvalue weighted by molar-refractivity contribution is 0.100. The van der Waals surface area contributed by atoms with Crippen LogP contribution in [0.15, 0.2) is 48.5 Å². The molecule has 0 unspecified atom stereocenters. The first-order valence-electron chi connectivity index (χ1n) is 6.74. The summed E-state index contributed by atoms with van der Waals surface area (Å²) in [5.74, 6) is 4.56. The summed E-state index contributed by atoms with van der Waals surface area (Å²) >= 11 is 0. The Hall–Kier alpha value is -3.33. The van der Waals surface area contributed by atoms with Crippen LogP contribution >= 0.6 is 0 Å². The summed E-state index contributed by atoms with van der Waals surface area (Å²) in [4.78, 5) is 22.5. The Bertz CT molecular complexity index is 776. The number of nitrogens with two attached hydrogens (primary N) is 1. The van der Waals surface area contributed by atoms with Crippen LogP contribution in [-0.2, 0) is 0 Å². The van der Waals surface area contributed by atoms with Crippen LogP contribution in [0.1, 0.15) is 15.9 Å². The van der Waals surface area contributed by atoms with Crippen LogP contribution in [0.4, 0.5) is 14.9 Å². The van der Waals surface area contributed by atoms with Crippen LogP contribution in [0, 0.1) is 17.7 Å². The smallest absolute Gasteiger partial charge is 0.320 e. The first-order chi connectivity index (χ1) is 11.1. The van der Waals surface area contributed by atoms with Crippen molar-refractivity contribution in [1.29, 1.82) is 0 Å². The lowest BCUT2D eigenvalue weighted by Gasteiger charge is -2.05. The monoisotopic (exact) mass is 311 g/mol. The SMILES string of the molecule is NC(=O)c1ccc(C#CCNC(=O)Nc2ccccc2F)cc1. The van der Waals surface area contributed by atoms with Crippen molar-refractivity contribution in [2.75, 3.05) is 11.9 Å². The molecule has 0 aliphatic rings. The normalized spacial score (nSPS) is 9.43. The van der Waals surface area contributed by atoms with E-state index in [1.54, 1.807) is 30.3 Å². The van der Waals surface area contributed by atoms with E-state index in [4.69, 9.17) is 5.73 Å². The molecule has 3 amide bonds. The van der Waals surface area contributed by atoms with E-state index in [1.807, 2.05) is 0 Å². The molecule has 0 aromatic heterocycles. The predicted molar refractivity (Wildman–Crippen MR) is 85.3 cm³/mol. The first-order valence-corrected chi connectivity index (χ1v) is 6.74. The van der Waals surface area contributed by atoms with Crippen molar-refractivity contribution in [3.8, 4) is 11.8 Å². The number of nitrogens with one attached hydrogen (secondary N) is 2. The van der Waals surface area contributed by atoms with Gasteiger partial charge < -0.3 is 16.4 Å². The summed E-state index contributed by atoms with van der Waals surface area (Å²) in [6.45, 7) is 0.0951. The van der Waals surface area contributed by atoms with Gasteiger partial charge in [0.05, 0.1) is 12.2 Å². The summed E-state index contributed by atoms with van der Waals surface area (Å²) in [7, 11) is 0. The van der Waals surface area contributed by atoms with E-state index < -0.39 is 17.8 Å². The molecule has 0 heterocycles. The molecule has 6 heteroatoms. The molecule has 2 aromatic carbocycles. The number of anilines is 1. The molecule has 0 radical (unpaired) electrons. The summed E-state index contributed by atoms with van der Waals surface area (Å²) in [6, 6.07) is 11.8. The molecular weight excluding hydrogens is 297 g/mol. The molecule has 0 bridgehead atoms. The topological polar surface area (TPSA) is 84.2 Å². The Labute approximate surface area is 132 Å². The number of halogens is 1. The number of urea groups is 1. The van der Waals surface area contributed by atoms with Gasteiger partial charge in [-0.05, 0) is 36.4 Å². The Morgan fingerprint density at radius 2 is 1.78 bits per heavy atom. The second-order valence-electron chi connectivity index (χ2n) is 4.53. The molecule has 0 atom stereocenters. The van der Waals surface area contributed by atoms with Crippen LogP contribution in [-0.4, -0.2) is 18.5 Å². The minimum atomic E-state index is -0.548. The van der Waals surface area contributed by atoms with Crippen molar-refractivity contribution >= 4 is 17.6 Å². The highest BCUT2D eigenvalue weighted by Gasteiger charge is 2.04. The Morgan fingerprint density at radius 1 is 1.09 bits per heavy atom. The molecule has 0 saturated carbocycles. The number of benzene rings is 2. The van der Waals surface area contributed by atoms with Crippen molar-refractivity contribution in [1.82, 2.24) is 5.32 Å². The minimum absolute atomic E-state index is 0.0951. The number of para-hydroxylation sites is 1. The number of primary amides is 1. The van der Waals surface area contributed by atoms with Gasteiger partial charge >= 0.3 is 6.03 Å². The fourth-order valence-corrected chi connectivity index (χ4v) is 1.72. The van der Waals surface area contributed by atoms with Gasteiger partial charge in [-0.25, -0.2) is 9.18 Å². The van der Waals surface area contributed by atoms with Crippen molar-refractivity contribution in [3.05, 3.63) is 65.5 Å². The molecule has 23 heavy (non-hydrogen) atoms. The average Bonchev–Trinajstić information content (AvgIpc) is 2.54. The number of carbonyl (C=O) groups is 2. The summed E-state index contributed by atoms with van der Waals surface area (Å²) in [6.07, 6.45) is 0. The van der Waals surface area contributed by atoms with Crippen LogP contribution in [0.2, 0.25) is 0 Å². The van der Waals surface area contributed by atoms with Gasteiger partial charge in [0.2, 0.25) is 5.91 Å². The first kappa shape index (κ1) is 16.0. The predicted octanol–water partition coefficient (Wildman–Crippen LogP) is 2.10. The molecule has 0 aliphatic heterocycles. The zero-order valence-corrected chi connectivity index (χ0v) is 12.1. The Morgan fingerprint density at radius 3 is 2.43 bits per heavy atom. The number of amides is 3. The van der Waals surface area contributed by atoms with Crippen LogP contribution < -0.4 is 16.4 Å². The van der Waals surface area contributed by atoms with Gasteiger partial charge in [0.1, 0.15) is 5.82 Å². The van der Waals surface area contributed by atoms with Crippen molar-refractivity contribution in [2.24, 2.45) is 5.73 Å². The lowest BCUT2D eigenvalue weighted by Crippen LogP contribution is -2.29. The Balaban J connectivity index is 1.84. The molecule has 0 fully saturated rings. The number of hydrogen-bond donors (Lipinski definition) is 3.